The average molecular weight is 678 g/mol. The number of aliphatic hydroxyl groups excluding tert-OH is 1. The second-order valence-electron chi connectivity index (χ2n) is 11.2. The number of pyridine rings is 1. The van der Waals surface area contributed by atoms with Crippen molar-refractivity contribution in [3.05, 3.63) is 142 Å². The molecule has 240 valence electrons. The number of aryl methyl sites for hydroxylation is 2. The first kappa shape index (κ1) is 31.3. The number of benzene rings is 3. The van der Waals surface area contributed by atoms with Gasteiger partial charge >= 0.3 is 5.91 Å². The van der Waals surface area contributed by atoms with Crippen LogP contribution in [0.15, 0.2) is 107 Å². The molecule has 0 radical (unpaired) electrons. The Bertz CT molecular complexity index is 2200. The van der Waals surface area contributed by atoms with E-state index in [1.54, 1.807) is 43.3 Å². The molecule has 1 aliphatic rings. The van der Waals surface area contributed by atoms with Crippen LogP contribution < -0.4 is 9.64 Å². The quantitative estimate of drug-likeness (QED) is 0.0553. The Morgan fingerprint density at radius 1 is 0.958 bits per heavy atom. The van der Waals surface area contributed by atoms with E-state index in [0.29, 0.717) is 39.4 Å². The van der Waals surface area contributed by atoms with Crippen LogP contribution in [0.5, 0.6) is 5.75 Å². The highest BCUT2D eigenvalue weighted by molar-refractivity contribution is 8.00. The summed E-state index contributed by atoms with van der Waals surface area (Å²) in [6, 6.07) is 25.7. The fourth-order valence-electron chi connectivity index (χ4n) is 5.62. The zero-order chi connectivity index (χ0) is 33.4. The third kappa shape index (κ3) is 5.96. The summed E-state index contributed by atoms with van der Waals surface area (Å²) >= 11 is 2.53. The van der Waals surface area contributed by atoms with Crippen LogP contribution in [0.2, 0.25) is 0 Å². The number of thioether (sulfide) groups is 1. The SMILES string of the molecule is Cc1cccn2c(C)c(/C(O)=C3\C(=O)C(=O)N(c4nnc(SCc5ccc(F)cc5)s4)C3c3cccc(OCc4ccccc4)c3)nc12. The van der Waals surface area contributed by atoms with Gasteiger partial charge in [0.15, 0.2) is 10.1 Å². The van der Waals surface area contributed by atoms with Crippen molar-refractivity contribution in [3.63, 3.8) is 0 Å². The number of anilines is 1. The summed E-state index contributed by atoms with van der Waals surface area (Å²) in [6.07, 6.45) is 1.83. The van der Waals surface area contributed by atoms with Crippen LogP contribution in [-0.4, -0.2) is 36.4 Å². The van der Waals surface area contributed by atoms with E-state index in [4.69, 9.17) is 4.74 Å². The van der Waals surface area contributed by atoms with Crippen molar-refractivity contribution in [3.8, 4) is 5.75 Å². The molecule has 0 saturated carbocycles. The first-order valence-corrected chi connectivity index (χ1v) is 16.8. The number of ether oxygens (including phenoxy) is 1. The first-order chi connectivity index (χ1) is 23.3. The highest BCUT2D eigenvalue weighted by atomic mass is 32.2. The van der Waals surface area contributed by atoms with E-state index in [-0.39, 0.29) is 28.0 Å². The number of Topliss-reactive ketones (excluding diaryl/α,β-unsaturated/α-hetero) is 1. The molecule has 9 nitrogen and oxygen atoms in total. The molecule has 12 heteroatoms. The van der Waals surface area contributed by atoms with Crippen LogP contribution in [0.25, 0.3) is 11.4 Å². The monoisotopic (exact) mass is 677 g/mol. The lowest BCUT2D eigenvalue weighted by molar-refractivity contribution is -0.132. The molecule has 0 bridgehead atoms. The van der Waals surface area contributed by atoms with Crippen molar-refractivity contribution >= 4 is 51.3 Å². The van der Waals surface area contributed by atoms with Crippen molar-refractivity contribution in [2.45, 2.75) is 36.6 Å². The van der Waals surface area contributed by atoms with E-state index >= 15 is 0 Å². The molecule has 1 atom stereocenters. The molecular formula is C36H28FN5O4S2. The van der Waals surface area contributed by atoms with Crippen molar-refractivity contribution < 1.29 is 23.8 Å². The third-order valence-corrected chi connectivity index (χ3v) is 10.2. The molecule has 0 spiro atoms. The summed E-state index contributed by atoms with van der Waals surface area (Å²) in [7, 11) is 0. The molecule has 1 amide bonds. The molecule has 3 aromatic heterocycles. The van der Waals surface area contributed by atoms with Crippen molar-refractivity contribution in [2.24, 2.45) is 0 Å². The van der Waals surface area contributed by atoms with Crippen LogP contribution in [0.3, 0.4) is 0 Å². The number of fused-ring (bicyclic) bond motifs is 1. The number of aromatic nitrogens is 4. The van der Waals surface area contributed by atoms with E-state index in [0.717, 1.165) is 28.0 Å². The lowest BCUT2D eigenvalue weighted by Gasteiger charge is -2.23. The standard InChI is InChI=1S/C36H28FN5O4S2/c1-21-8-7-17-41-22(2)29(38-33(21)41)31(43)28-30(25-11-6-12-27(18-25)46-19-23-9-4-3-5-10-23)42(34(45)32(28)44)35-39-40-36(48-35)47-20-24-13-15-26(37)16-14-24/h3-18,30,43H,19-20H2,1-2H3/b31-28+. The zero-order valence-electron chi connectivity index (χ0n) is 25.8. The lowest BCUT2D eigenvalue weighted by atomic mass is 9.96. The number of carbonyl (C=O) groups is 2. The highest BCUT2D eigenvalue weighted by Gasteiger charge is 2.49. The summed E-state index contributed by atoms with van der Waals surface area (Å²) < 4.78 is 21.9. The van der Waals surface area contributed by atoms with Crippen LogP contribution in [0.4, 0.5) is 9.52 Å². The summed E-state index contributed by atoms with van der Waals surface area (Å²) in [4.78, 5) is 33.7. The number of nitrogens with zero attached hydrogens (tertiary/aromatic N) is 5. The third-order valence-electron chi connectivity index (χ3n) is 8.05. The largest absolute Gasteiger partial charge is 0.505 e. The number of imidazole rings is 1. The Hall–Kier alpha value is -5.33. The summed E-state index contributed by atoms with van der Waals surface area (Å²) in [5.41, 5.74) is 4.64. The minimum atomic E-state index is -1.04. The van der Waals surface area contributed by atoms with Gasteiger partial charge in [-0.1, -0.05) is 83.8 Å². The molecule has 1 fully saturated rings. The minimum absolute atomic E-state index is 0.111. The summed E-state index contributed by atoms with van der Waals surface area (Å²) in [6.45, 7) is 4.02. The fraction of sp³-hybridized carbons (Fsp3) is 0.139. The van der Waals surface area contributed by atoms with E-state index in [1.807, 2.05) is 60.0 Å². The smallest absolute Gasteiger partial charge is 0.301 e. The average Bonchev–Trinajstić information content (AvgIpc) is 3.78. The van der Waals surface area contributed by atoms with Gasteiger partial charge in [0.25, 0.3) is 5.78 Å². The normalized spacial score (nSPS) is 15.8. The van der Waals surface area contributed by atoms with Gasteiger partial charge in [-0.15, -0.1) is 10.2 Å². The van der Waals surface area contributed by atoms with Crippen molar-refractivity contribution in [1.29, 1.82) is 0 Å². The lowest BCUT2D eigenvalue weighted by Crippen LogP contribution is -2.29. The number of halogens is 1. The van der Waals surface area contributed by atoms with Gasteiger partial charge in [-0.25, -0.2) is 9.37 Å². The Balaban J connectivity index is 1.29. The van der Waals surface area contributed by atoms with Gasteiger partial charge in [0.1, 0.15) is 29.5 Å². The van der Waals surface area contributed by atoms with Crippen molar-refractivity contribution in [2.75, 3.05) is 4.90 Å². The Morgan fingerprint density at radius 3 is 2.52 bits per heavy atom. The number of hydrogen-bond acceptors (Lipinski definition) is 9. The van der Waals surface area contributed by atoms with Gasteiger partial charge in [-0.3, -0.25) is 14.5 Å². The molecular weight excluding hydrogens is 650 g/mol. The predicted molar refractivity (Wildman–Crippen MR) is 183 cm³/mol. The van der Waals surface area contributed by atoms with Gasteiger partial charge in [0.05, 0.1) is 17.3 Å². The van der Waals surface area contributed by atoms with Gasteiger partial charge in [-0.05, 0) is 66.4 Å². The molecule has 1 unspecified atom stereocenters. The van der Waals surface area contributed by atoms with E-state index in [2.05, 4.69) is 15.2 Å². The molecule has 1 saturated heterocycles. The second kappa shape index (κ2) is 13.1. The van der Waals surface area contributed by atoms with Crippen LogP contribution >= 0.6 is 23.1 Å². The van der Waals surface area contributed by atoms with Crippen LogP contribution in [0.1, 0.15) is 39.7 Å². The van der Waals surface area contributed by atoms with Crippen LogP contribution in [-0.2, 0) is 21.9 Å². The second-order valence-corrected chi connectivity index (χ2v) is 13.4. The molecule has 7 rings (SSSR count). The first-order valence-electron chi connectivity index (χ1n) is 15.0. The van der Waals surface area contributed by atoms with Crippen LogP contribution in [0, 0.1) is 19.7 Å². The Morgan fingerprint density at radius 2 is 1.75 bits per heavy atom. The minimum Gasteiger partial charge on any atom is -0.505 e. The van der Waals surface area contributed by atoms with E-state index < -0.39 is 17.7 Å². The van der Waals surface area contributed by atoms with Gasteiger partial charge in [0, 0.05) is 11.9 Å². The number of ketones is 1. The number of rotatable bonds is 9. The number of aliphatic hydroxyl groups is 1. The maximum Gasteiger partial charge on any atom is 0.301 e. The highest BCUT2D eigenvalue weighted by Crippen LogP contribution is 2.45. The van der Waals surface area contributed by atoms with Gasteiger partial charge in [0.2, 0.25) is 5.13 Å². The van der Waals surface area contributed by atoms with Gasteiger partial charge in [-0.2, -0.15) is 0 Å². The zero-order valence-corrected chi connectivity index (χ0v) is 27.5. The molecule has 4 heterocycles. The Labute approximate surface area is 283 Å². The fourth-order valence-corrected chi connectivity index (χ4v) is 7.44. The van der Waals surface area contributed by atoms with E-state index in [9.17, 15) is 19.1 Å². The molecule has 6 aromatic rings. The molecule has 48 heavy (non-hydrogen) atoms. The predicted octanol–water partition coefficient (Wildman–Crippen LogP) is 7.44. The molecule has 1 aliphatic heterocycles. The van der Waals surface area contributed by atoms with E-state index in [1.165, 1.54) is 28.8 Å². The van der Waals surface area contributed by atoms with Gasteiger partial charge < -0.3 is 14.2 Å². The number of hydrogen-bond donors (Lipinski definition) is 1. The number of amides is 1. The Kier molecular flexibility index (Phi) is 8.50. The molecule has 0 aliphatic carbocycles. The summed E-state index contributed by atoms with van der Waals surface area (Å²) in [5.74, 6) is -1.38. The molecule has 3 aromatic carbocycles. The topological polar surface area (TPSA) is 110 Å². The molecule has 1 N–H and O–H groups in total. The summed E-state index contributed by atoms with van der Waals surface area (Å²) in [5, 5.41) is 20.6. The maximum atomic E-state index is 13.9. The number of carbonyl (C=O) groups excluding carboxylic acids is 2. The van der Waals surface area contributed by atoms with Crippen molar-refractivity contribution in [1.82, 2.24) is 19.6 Å². The maximum absolute atomic E-state index is 13.9.